The second-order valence-corrected chi connectivity index (χ2v) is 7.21. The van der Waals surface area contributed by atoms with Gasteiger partial charge in [0.05, 0.1) is 6.04 Å². The molecule has 3 nitrogen and oxygen atoms in total. The van der Waals surface area contributed by atoms with Gasteiger partial charge >= 0.3 is 0 Å². The van der Waals surface area contributed by atoms with Crippen LogP contribution < -0.4 is 5.32 Å². The molecule has 1 N–H and O–H groups in total. The van der Waals surface area contributed by atoms with Crippen LogP contribution in [0.2, 0.25) is 0 Å². The van der Waals surface area contributed by atoms with Crippen LogP contribution in [0.1, 0.15) is 53.7 Å². The highest BCUT2D eigenvalue weighted by Gasteiger charge is 2.23. The van der Waals surface area contributed by atoms with Crippen LogP contribution in [0.5, 0.6) is 0 Å². The largest absolute Gasteiger partial charge is 0.350 e. The predicted molar refractivity (Wildman–Crippen MR) is 101 cm³/mol. The third-order valence-corrected chi connectivity index (χ3v) is 5.54. The molecule has 0 radical (unpaired) electrons. The average Bonchev–Trinajstić information content (AvgIpc) is 3.17. The predicted octanol–water partition coefficient (Wildman–Crippen LogP) is 4.27. The second-order valence-electron chi connectivity index (χ2n) is 6.43. The highest BCUT2D eigenvalue weighted by Crippen LogP contribution is 2.25. The maximum atomic E-state index is 12.5. The Morgan fingerprint density at radius 1 is 1.17 bits per heavy atom. The first-order valence-corrected chi connectivity index (χ1v) is 9.85. The van der Waals surface area contributed by atoms with E-state index < -0.39 is 0 Å². The maximum absolute atomic E-state index is 12.5. The van der Waals surface area contributed by atoms with Gasteiger partial charge in [0.2, 0.25) is 0 Å². The molecule has 1 amide bonds. The Hall–Kier alpha value is -1.65. The van der Waals surface area contributed by atoms with E-state index in [1.807, 2.05) is 24.3 Å². The lowest BCUT2D eigenvalue weighted by Crippen LogP contribution is -2.40. The van der Waals surface area contributed by atoms with Crippen molar-refractivity contribution in [2.24, 2.45) is 0 Å². The minimum absolute atomic E-state index is 0.0230. The van der Waals surface area contributed by atoms with Gasteiger partial charge < -0.3 is 5.32 Å². The molecule has 2 heterocycles. The maximum Gasteiger partial charge on any atom is 0.251 e. The van der Waals surface area contributed by atoms with Gasteiger partial charge in [-0.15, -0.1) is 0 Å². The number of piperidine rings is 1. The molecule has 4 heteroatoms. The van der Waals surface area contributed by atoms with E-state index in [4.69, 9.17) is 0 Å². The van der Waals surface area contributed by atoms with Crippen molar-refractivity contribution >= 4 is 17.2 Å². The van der Waals surface area contributed by atoms with Crippen LogP contribution in [0.15, 0.2) is 41.1 Å². The van der Waals surface area contributed by atoms with Crippen molar-refractivity contribution < 1.29 is 4.79 Å². The van der Waals surface area contributed by atoms with Crippen molar-refractivity contribution in [3.05, 3.63) is 57.8 Å². The number of amides is 1. The molecule has 1 aliphatic rings. The van der Waals surface area contributed by atoms with Gasteiger partial charge in [0.15, 0.2) is 0 Å². The van der Waals surface area contributed by atoms with E-state index in [0.29, 0.717) is 6.54 Å². The SMILES string of the molecule is CCc1ccc(C(=O)NCC(c2ccsc2)N2CCCCC2)cc1. The van der Waals surface area contributed by atoms with Crippen molar-refractivity contribution in [2.75, 3.05) is 19.6 Å². The molecule has 1 aromatic carbocycles. The lowest BCUT2D eigenvalue weighted by molar-refractivity contribution is 0.0924. The Morgan fingerprint density at radius 2 is 1.92 bits per heavy atom. The number of rotatable bonds is 6. The van der Waals surface area contributed by atoms with Crippen LogP contribution in [0.25, 0.3) is 0 Å². The van der Waals surface area contributed by atoms with E-state index in [0.717, 1.165) is 25.1 Å². The monoisotopic (exact) mass is 342 g/mol. The molecule has 0 saturated carbocycles. The Kier molecular flexibility index (Phi) is 6.05. The van der Waals surface area contributed by atoms with Gasteiger partial charge in [-0.05, 0) is 72.4 Å². The number of hydrogen-bond donors (Lipinski definition) is 1. The zero-order chi connectivity index (χ0) is 16.8. The fraction of sp³-hybridized carbons (Fsp3) is 0.450. The Bertz CT molecular complexity index is 630. The Balaban J connectivity index is 1.65. The van der Waals surface area contributed by atoms with E-state index in [-0.39, 0.29) is 11.9 Å². The summed E-state index contributed by atoms with van der Waals surface area (Å²) in [5.74, 6) is 0.0230. The number of nitrogens with zero attached hydrogens (tertiary/aromatic N) is 1. The number of carbonyl (C=O) groups is 1. The summed E-state index contributed by atoms with van der Waals surface area (Å²) >= 11 is 1.73. The fourth-order valence-electron chi connectivity index (χ4n) is 3.34. The summed E-state index contributed by atoms with van der Waals surface area (Å²) in [6.45, 7) is 5.05. The summed E-state index contributed by atoms with van der Waals surface area (Å²) in [6.07, 6.45) is 4.83. The van der Waals surface area contributed by atoms with Crippen molar-refractivity contribution in [3.8, 4) is 0 Å². The van der Waals surface area contributed by atoms with Gasteiger partial charge in [0, 0.05) is 12.1 Å². The van der Waals surface area contributed by atoms with Gasteiger partial charge in [-0.1, -0.05) is 25.5 Å². The fourth-order valence-corrected chi connectivity index (χ4v) is 4.04. The highest BCUT2D eigenvalue weighted by molar-refractivity contribution is 7.07. The molecule has 1 unspecified atom stereocenters. The van der Waals surface area contributed by atoms with Gasteiger partial charge in [0.1, 0.15) is 0 Å². The molecule has 0 aliphatic carbocycles. The van der Waals surface area contributed by atoms with E-state index in [9.17, 15) is 4.79 Å². The van der Waals surface area contributed by atoms with Crippen molar-refractivity contribution in [1.82, 2.24) is 10.2 Å². The normalized spacial score (nSPS) is 16.7. The molecule has 1 aromatic heterocycles. The quantitative estimate of drug-likeness (QED) is 0.850. The third-order valence-electron chi connectivity index (χ3n) is 4.84. The standard InChI is InChI=1S/C20H26N2OS/c1-2-16-6-8-17(9-7-16)20(23)21-14-19(18-10-13-24-15-18)22-11-4-3-5-12-22/h6-10,13,15,19H,2-5,11-12,14H2,1H3,(H,21,23). The van der Waals surface area contributed by atoms with Crippen LogP contribution in [0.3, 0.4) is 0 Å². The number of aryl methyl sites for hydroxylation is 1. The first-order valence-electron chi connectivity index (χ1n) is 8.91. The zero-order valence-electron chi connectivity index (χ0n) is 14.3. The molecular formula is C20H26N2OS. The Morgan fingerprint density at radius 3 is 2.54 bits per heavy atom. The molecule has 1 atom stereocenters. The number of carbonyl (C=O) groups excluding carboxylic acids is 1. The Labute approximate surface area is 148 Å². The van der Waals surface area contributed by atoms with Crippen LogP contribution >= 0.6 is 11.3 Å². The molecule has 128 valence electrons. The van der Waals surface area contributed by atoms with Crippen molar-refractivity contribution in [2.45, 2.75) is 38.6 Å². The van der Waals surface area contributed by atoms with Gasteiger partial charge in [-0.25, -0.2) is 0 Å². The summed E-state index contributed by atoms with van der Waals surface area (Å²) in [6, 6.07) is 10.4. The molecular weight excluding hydrogens is 316 g/mol. The minimum Gasteiger partial charge on any atom is -0.350 e. The lowest BCUT2D eigenvalue weighted by Gasteiger charge is -2.34. The van der Waals surface area contributed by atoms with Gasteiger partial charge in [0.25, 0.3) is 5.91 Å². The number of likely N-dealkylation sites (tertiary alicyclic amines) is 1. The smallest absolute Gasteiger partial charge is 0.251 e. The van der Waals surface area contributed by atoms with Gasteiger partial charge in [-0.2, -0.15) is 11.3 Å². The third kappa shape index (κ3) is 4.25. The van der Waals surface area contributed by atoms with Crippen LogP contribution in [-0.4, -0.2) is 30.4 Å². The van der Waals surface area contributed by atoms with E-state index in [1.165, 1.54) is 30.4 Å². The first kappa shape index (κ1) is 17.2. The minimum atomic E-state index is 0.0230. The summed E-state index contributed by atoms with van der Waals surface area (Å²) in [4.78, 5) is 15.0. The number of hydrogen-bond acceptors (Lipinski definition) is 3. The molecule has 2 aromatic rings. The van der Waals surface area contributed by atoms with E-state index in [1.54, 1.807) is 11.3 Å². The molecule has 24 heavy (non-hydrogen) atoms. The first-order chi connectivity index (χ1) is 11.8. The summed E-state index contributed by atoms with van der Waals surface area (Å²) in [5, 5.41) is 7.48. The van der Waals surface area contributed by atoms with Crippen molar-refractivity contribution in [3.63, 3.8) is 0 Å². The van der Waals surface area contributed by atoms with Crippen LogP contribution in [0, 0.1) is 0 Å². The molecule has 0 bridgehead atoms. The number of nitrogens with one attached hydrogen (secondary N) is 1. The summed E-state index contributed by atoms with van der Waals surface area (Å²) in [5.41, 5.74) is 3.33. The molecule has 0 spiro atoms. The number of thiophene rings is 1. The van der Waals surface area contributed by atoms with E-state index >= 15 is 0 Å². The topological polar surface area (TPSA) is 32.3 Å². The molecule has 1 fully saturated rings. The molecule has 3 rings (SSSR count). The molecule has 1 aliphatic heterocycles. The van der Waals surface area contributed by atoms with Gasteiger partial charge in [-0.3, -0.25) is 9.69 Å². The average molecular weight is 343 g/mol. The van der Waals surface area contributed by atoms with Crippen molar-refractivity contribution in [1.29, 1.82) is 0 Å². The lowest BCUT2D eigenvalue weighted by atomic mass is 10.0. The summed E-state index contributed by atoms with van der Waals surface area (Å²) < 4.78 is 0. The van der Waals surface area contributed by atoms with Crippen LogP contribution in [0.4, 0.5) is 0 Å². The zero-order valence-corrected chi connectivity index (χ0v) is 15.1. The number of benzene rings is 1. The highest BCUT2D eigenvalue weighted by atomic mass is 32.1. The second kappa shape index (κ2) is 8.45. The molecule has 1 saturated heterocycles. The van der Waals surface area contributed by atoms with E-state index in [2.05, 4.69) is 34.0 Å². The van der Waals surface area contributed by atoms with Crippen LogP contribution in [-0.2, 0) is 6.42 Å². The summed E-state index contributed by atoms with van der Waals surface area (Å²) in [7, 11) is 0.